The molecule has 0 bridgehead atoms. The molecule has 28 heavy (non-hydrogen) atoms. The molecule has 0 amide bonds. The number of fused-ring (bicyclic) bond motifs is 1. The third-order valence-corrected chi connectivity index (χ3v) is 5.11. The van der Waals surface area contributed by atoms with Crippen LogP contribution in [-0.2, 0) is 13.5 Å². The van der Waals surface area contributed by atoms with Gasteiger partial charge in [-0.2, -0.15) is 0 Å². The zero-order chi connectivity index (χ0) is 20.3. The molecule has 2 aromatic heterocycles. The van der Waals surface area contributed by atoms with Crippen molar-refractivity contribution in [3.63, 3.8) is 0 Å². The molecule has 1 radical (unpaired) electrons. The van der Waals surface area contributed by atoms with E-state index in [0.717, 1.165) is 70.0 Å². The summed E-state index contributed by atoms with van der Waals surface area (Å²) in [5.41, 5.74) is 8.64. The van der Waals surface area contributed by atoms with Gasteiger partial charge in [-0.15, -0.1) is 0 Å². The Kier molecular flexibility index (Phi) is 6.07. The summed E-state index contributed by atoms with van der Waals surface area (Å²) in [4.78, 5) is 9.60. The second-order valence-corrected chi connectivity index (χ2v) is 7.00. The largest absolute Gasteiger partial charge is 0.388 e. The minimum atomic E-state index is 0.815. The maximum atomic E-state index is 4.84. The number of unbranched alkanes of at least 4 members (excludes halogenated alkanes) is 2. The zero-order valence-electron chi connectivity index (χ0n) is 17.8. The number of nitrogens with zero attached hydrogens (tertiary/aromatic N) is 3. The summed E-state index contributed by atoms with van der Waals surface area (Å²) >= 11 is 0. The van der Waals surface area contributed by atoms with Crippen molar-refractivity contribution in [1.29, 1.82) is 0 Å². The predicted octanol–water partition coefficient (Wildman–Crippen LogP) is 4.62. The van der Waals surface area contributed by atoms with Crippen LogP contribution in [0.3, 0.4) is 0 Å². The van der Waals surface area contributed by atoms with Gasteiger partial charge in [0.15, 0.2) is 0 Å². The molecule has 6 heteroatoms. The van der Waals surface area contributed by atoms with Gasteiger partial charge < -0.3 is 20.5 Å². The molecular formula is C22H31N6. The van der Waals surface area contributed by atoms with Gasteiger partial charge in [-0.3, -0.25) is 0 Å². The second-order valence-electron chi connectivity index (χ2n) is 7.00. The predicted molar refractivity (Wildman–Crippen MR) is 120 cm³/mol. The SMILES string of the molecule is CC[CH]CCc1nc(C)nc2c(-c3c(NC)cc(NC)cc3NC)cn(C)c12. The van der Waals surface area contributed by atoms with Crippen LogP contribution in [0.15, 0.2) is 18.3 Å². The summed E-state index contributed by atoms with van der Waals surface area (Å²) in [6, 6.07) is 4.25. The molecule has 0 aliphatic heterocycles. The van der Waals surface area contributed by atoms with Crippen LogP contribution in [-0.4, -0.2) is 35.7 Å². The Morgan fingerprint density at radius 3 is 2.29 bits per heavy atom. The van der Waals surface area contributed by atoms with Crippen LogP contribution >= 0.6 is 0 Å². The monoisotopic (exact) mass is 379 g/mol. The molecule has 3 aromatic rings. The van der Waals surface area contributed by atoms with E-state index in [1.54, 1.807) is 0 Å². The fourth-order valence-corrected chi connectivity index (χ4v) is 3.77. The number of hydrogen-bond acceptors (Lipinski definition) is 5. The van der Waals surface area contributed by atoms with Crippen molar-refractivity contribution in [2.75, 3.05) is 37.1 Å². The van der Waals surface area contributed by atoms with Crippen LogP contribution < -0.4 is 16.0 Å². The molecule has 0 fully saturated rings. The minimum absolute atomic E-state index is 0.815. The van der Waals surface area contributed by atoms with Crippen LogP contribution in [0.5, 0.6) is 0 Å². The molecule has 0 aliphatic rings. The van der Waals surface area contributed by atoms with E-state index in [1.165, 1.54) is 0 Å². The maximum absolute atomic E-state index is 4.84. The van der Waals surface area contributed by atoms with E-state index in [0.29, 0.717) is 0 Å². The Labute approximate surface area is 167 Å². The lowest BCUT2D eigenvalue weighted by atomic mass is 10.0. The molecular weight excluding hydrogens is 348 g/mol. The number of aryl methyl sites for hydroxylation is 3. The maximum Gasteiger partial charge on any atom is 0.126 e. The van der Waals surface area contributed by atoms with Crippen LogP contribution in [0.2, 0.25) is 0 Å². The van der Waals surface area contributed by atoms with Crippen molar-refractivity contribution in [2.24, 2.45) is 7.05 Å². The third kappa shape index (κ3) is 3.63. The molecule has 2 heterocycles. The van der Waals surface area contributed by atoms with E-state index in [9.17, 15) is 0 Å². The van der Waals surface area contributed by atoms with Gasteiger partial charge in [0.1, 0.15) is 11.3 Å². The van der Waals surface area contributed by atoms with Gasteiger partial charge in [-0.1, -0.05) is 13.3 Å². The fourth-order valence-electron chi connectivity index (χ4n) is 3.77. The summed E-state index contributed by atoms with van der Waals surface area (Å²) in [6.07, 6.45) is 7.52. The second kappa shape index (κ2) is 8.50. The van der Waals surface area contributed by atoms with E-state index >= 15 is 0 Å². The highest BCUT2D eigenvalue weighted by Gasteiger charge is 2.20. The van der Waals surface area contributed by atoms with Crippen molar-refractivity contribution in [1.82, 2.24) is 14.5 Å². The van der Waals surface area contributed by atoms with Crippen LogP contribution in [0, 0.1) is 13.3 Å². The summed E-state index contributed by atoms with van der Waals surface area (Å²) < 4.78 is 2.16. The summed E-state index contributed by atoms with van der Waals surface area (Å²) in [6.45, 7) is 4.15. The Morgan fingerprint density at radius 1 is 1.04 bits per heavy atom. The van der Waals surface area contributed by atoms with Crippen molar-refractivity contribution in [3.05, 3.63) is 36.3 Å². The first-order chi connectivity index (χ1) is 13.5. The molecule has 1 aromatic carbocycles. The lowest BCUT2D eigenvalue weighted by Gasteiger charge is -2.16. The van der Waals surface area contributed by atoms with Gasteiger partial charge in [-0.25, -0.2) is 9.97 Å². The fraction of sp³-hybridized carbons (Fsp3) is 0.409. The van der Waals surface area contributed by atoms with Crippen LogP contribution in [0.1, 0.15) is 31.3 Å². The third-order valence-electron chi connectivity index (χ3n) is 5.11. The van der Waals surface area contributed by atoms with Crippen molar-refractivity contribution < 1.29 is 0 Å². The molecule has 3 N–H and O–H groups in total. The van der Waals surface area contributed by atoms with Gasteiger partial charge in [0.05, 0.1) is 11.2 Å². The summed E-state index contributed by atoms with van der Waals surface area (Å²) in [5.74, 6) is 0.815. The van der Waals surface area contributed by atoms with Gasteiger partial charge in [-0.05, 0) is 38.3 Å². The summed E-state index contributed by atoms with van der Waals surface area (Å²) in [7, 11) is 7.92. The smallest absolute Gasteiger partial charge is 0.126 e. The number of aromatic nitrogens is 3. The van der Waals surface area contributed by atoms with E-state index in [-0.39, 0.29) is 0 Å². The highest BCUT2D eigenvalue weighted by molar-refractivity contribution is 6.02. The van der Waals surface area contributed by atoms with Crippen molar-refractivity contribution in [2.45, 2.75) is 33.1 Å². The number of benzene rings is 1. The Bertz CT molecular complexity index is 948. The molecule has 0 saturated carbocycles. The standard InChI is InChI=1S/C22H31N6/c1-7-8-9-10-17-22-21(27-14(2)26-17)16(13-28(22)6)20-18(24-4)11-15(23-3)12-19(20)25-5/h8,11-13,23-25H,7,9-10H2,1-6H3. The molecule has 3 rings (SSSR count). The summed E-state index contributed by atoms with van der Waals surface area (Å²) in [5, 5.41) is 9.93. The Morgan fingerprint density at radius 2 is 1.71 bits per heavy atom. The Balaban J connectivity index is 2.25. The van der Waals surface area contributed by atoms with E-state index < -0.39 is 0 Å². The van der Waals surface area contributed by atoms with Crippen LogP contribution in [0.25, 0.3) is 22.2 Å². The minimum Gasteiger partial charge on any atom is -0.388 e. The molecule has 6 nitrogen and oxygen atoms in total. The molecule has 0 spiro atoms. The number of nitrogens with one attached hydrogen (secondary N) is 3. The average molecular weight is 380 g/mol. The molecule has 0 saturated heterocycles. The number of hydrogen-bond donors (Lipinski definition) is 3. The molecule has 0 atom stereocenters. The topological polar surface area (TPSA) is 66.8 Å². The van der Waals surface area contributed by atoms with Gasteiger partial charge >= 0.3 is 0 Å². The normalized spacial score (nSPS) is 11.1. The van der Waals surface area contributed by atoms with Gasteiger partial charge in [0.25, 0.3) is 0 Å². The molecule has 149 valence electrons. The van der Waals surface area contributed by atoms with Gasteiger partial charge in [0.2, 0.25) is 0 Å². The number of rotatable bonds is 8. The molecule has 0 unspecified atom stereocenters. The van der Waals surface area contributed by atoms with E-state index in [2.05, 4.69) is 59.2 Å². The van der Waals surface area contributed by atoms with E-state index in [4.69, 9.17) is 9.97 Å². The first kappa shape index (κ1) is 20.0. The quantitative estimate of drug-likeness (QED) is 0.499. The Hall–Kier alpha value is -2.76. The number of anilines is 3. The average Bonchev–Trinajstić information content (AvgIpc) is 3.02. The van der Waals surface area contributed by atoms with Crippen molar-refractivity contribution >= 4 is 28.1 Å². The molecule has 0 aliphatic carbocycles. The zero-order valence-corrected chi connectivity index (χ0v) is 17.8. The van der Waals surface area contributed by atoms with E-state index in [1.807, 2.05) is 28.1 Å². The highest BCUT2D eigenvalue weighted by atomic mass is 15.0. The van der Waals surface area contributed by atoms with Gasteiger partial charge in [0, 0.05) is 62.6 Å². The lowest BCUT2D eigenvalue weighted by Crippen LogP contribution is -2.02. The first-order valence-corrected chi connectivity index (χ1v) is 9.89. The highest BCUT2D eigenvalue weighted by Crippen LogP contribution is 2.41. The van der Waals surface area contributed by atoms with Crippen molar-refractivity contribution in [3.8, 4) is 11.1 Å². The van der Waals surface area contributed by atoms with Crippen LogP contribution in [0.4, 0.5) is 17.1 Å². The lowest BCUT2D eigenvalue weighted by molar-refractivity contribution is 0.833. The first-order valence-electron chi connectivity index (χ1n) is 9.89.